The Hall–Kier alpha value is -2.04. The van der Waals surface area contributed by atoms with Gasteiger partial charge in [-0.3, -0.25) is 4.79 Å². The minimum absolute atomic E-state index is 0.0511. The Morgan fingerprint density at radius 2 is 1.85 bits per heavy atom. The van der Waals surface area contributed by atoms with E-state index in [1.807, 2.05) is 6.92 Å². The summed E-state index contributed by atoms with van der Waals surface area (Å²) < 4.78 is 0. The zero-order chi connectivity index (χ0) is 24.1. The number of carbonyl (C=O) groups is 1. The van der Waals surface area contributed by atoms with Crippen LogP contribution in [0.1, 0.15) is 87.1 Å². The molecule has 0 radical (unpaired) electrons. The molecule has 0 spiro atoms. The van der Waals surface area contributed by atoms with E-state index in [9.17, 15) is 15.1 Å². The fraction of sp³-hybridized carbons (Fsp3) is 0.481. The Bertz CT molecular complexity index is 1140. The van der Waals surface area contributed by atoms with Crippen LogP contribution in [0.3, 0.4) is 0 Å². The van der Waals surface area contributed by atoms with Gasteiger partial charge in [-0.05, 0) is 90.8 Å². The molecule has 33 heavy (non-hydrogen) atoms. The topological polar surface area (TPSA) is 69.9 Å². The van der Waals surface area contributed by atoms with Crippen LogP contribution in [0.15, 0.2) is 35.5 Å². The number of hydrogen-bond acceptors (Lipinski definition) is 3. The quantitative estimate of drug-likeness (QED) is 0.267. The molecule has 0 saturated heterocycles. The third-order valence-electron chi connectivity index (χ3n) is 8.18. The third-order valence-corrected chi connectivity index (χ3v) is 8.72. The highest BCUT2D eigenvalue weighted by Gasteiger charge is 2.55. The lowest BCUT2D eigenvalue weighted by Gasteiger charge is -2.53. The Morgan fingerprint density at radius 3 is 2.45 bits per heavy atom. The van der Waals surface area contributed by atoms with Crippen LogP contribution < -0.4 is 0 Å². The maximum absolute atomic E-state index is 12.3. The second-order valence-electron chi connectivity index (χ2n) is 10.4. The molecule has 0 bridgehead atoms. The van der Waals surface area contributed by atoms with Crippen LogP contribution in [0.2, 0.25) is 10.0 Å². The van der Waals surface area contributed by atoms with Crippen LogP contribution >= 0.6 is 23.2 Å². The lowest BCUT2D eigenvalue weighted by atomic mass is 9.49. The minimum atomic E-state index is -0.741. The summed E-state index contributed by atoms with van der Waals surface area (Å²) in [5.41, 5.74) is 4.40. The number of aryl methyl sites for hydroxylation is 1. The number of benzene rings is 2. The molecular weight excluding hydrogens is 457 g/mol. The fourth-order valence-corrected chi connectivity index (χ4v) is 6.91. The fourth-order valence-electron chi connectivity index (χ4n) is 6.41. The summed E-state index contributed by atoms with van der Waals surface area (Å²) in [6.45, 7) is 8.39. The molecule has 2 N–H and O–H groups in total. The standard InChI is InChI=1S/C27H31Cl2NO3/c1-15(2)19-12-16-6-9-23-26(3,10-5-11-27(23,4)25(31)32)21(16)14-20(19)24(30-33)18-8-7-17(28)13-22(18)29/h7-8,12-15,23,33H,5-6,9-11H2,1-4H3,(H,31,32)/t23-,26-,27-/m1/s1. The van der Waals surface area contributed by atoms with Gasteiger partial charge < -0.3 is 10.3 Å². The third kappa shape index (κ3) is 3.85. The average molecular weight is 488 g/mol. The van der Waals surface area contributed by atoms with E-state index >= 15 is 0 Å². The Balaban J connectivity index is 1.93. The van der Waals surface area contributed by atoms with Crippen LogP contribution in [-0.2, 0) is 16.6 Å². The van der Waals surface area contributed by atoms with Gasteiger partial charge in [-0.15, -0.1) is 0 Å². The van der Waals surface area contributed by atoms with Crippen LogP contribution in [-0.4, -0.2) is 22.0 Å². The zero-order valence-corrected chi connectivity index (χ0v) is 21.1. The summed E-state index contributed by atoms with van der Waals surface area (Å²) in [7, 11) is 0. The van der Waals surface area contributed by atoms with Gasteiger partial charge in [-0.1, -0.05) is 61.6 Å². The molecule has 6 heteroatoms. The summed E-state index contributed by atoms with van der Waals surface area (Å²) in [6.07, 6.45) is 4.25. The van der Waals surface area contributed by atoms with E-state index in [4.69, 9.17) is 23.2 Å². The van der Waals surface area contributed by atoms with Gasteiger partial charge in [-0.2, -0.15) is 0 Å². The number of halogens is 2. The van der Waals surface area contributed by atoms with Gasteiger partial charge in [0.2, 0.25) is 0 Å². The molecule has 1 saturated carbocycles. The number of carboxylic acids is 1. The first-order valence-corrected chi connectivity index (χ1v) is 12.4. The smallest absolute Gasteiger partial charge is 0.309 e. The molecule has 0 heterocycles. The molecule has 2 aromatic carbocycles. The van der Waals surface area contributed by atoms with E-state index in [-0.39, 0.29) is 17.3 Å². The molecule has 2 aliphatic rings. The summed E-state index contributed by atoms with van der Waals surface area (Å²) in [6, 6.07) is 9.53. The van der Waals surface area contributed by atoms with E-state index in [0.29, 0.717) is 27.7 Å². The van der Waals surface area contributed by atoms with Gasteiger partial charge >= 0.3 is 5.97 Å². The number of carboxylic acid groups (broad SMARTS) is 1. The lowest BCUT2D eigenvalue weighted by molar-refractivity contribution is -0.157. The summed E-state index contributed by atoms with van der Waals surface area (Å²) >= 11 is 12.6. The molecule has 0 amide bonds. The number of rotatable bonds is 4. The Morgan fingerprint density at radius 1 is 1.12 bits per heavy atom. The summed E-state index contributed by atoms with van der Waals surface area (Å²) in [4.78, 5) is 12.3. The van der Waals surface area contributed by atoms with Crippen molar-refractivity contribution < 1.29 is 15.1 Å². The van der Waals surface area contributed by atoms with Crippen LogP contribution in [0, 0.1) is 11.3 Å². The largest absolute Gasteiger partial charge is 0.481 e. The summed E-state index contributed by atoms with van der Waals surface area (Å²) in [5.74, 6) is -0.448. The van der Waals surface area contributed by atoms with Crippen molar-refractivity contribution in [3.63, 3.8) is 0 Å². The van der Waals surface area contributed by atoms with Crippen LogP contribution in [0.4, 0.5) is 0 Å². The molecule has 3 atom stereocenters. The van der Waals surface area contributed by atoms with Crippen molar-refractivity contribution in [3.05, 3.63) is 68.2 Å². The first-order chi connectivity index (χ1) is 15.5. The van der Waals surface area contributed by atoms with Crippen molar-refractivity contribution in [2.24, 2.45) is 16.5 Å². The normalized spacial score (nSPS) is 27.2. The highest BCUT2D eigenvalue weighted by atomic mass is 35.5. The maximum Gasteiger partial charge on any atom is 0.309 e. The second kappa shape index (κ2) is 8.63. The molecule has 1 fully saturated rings. The maximum atomic E-state index is 12.3. The Labute approximate surface area is 205 Å². The van der Waals surface area contributed by atoms with Crippen molar-refractivity contribution in [1.29, 1.82) is 0 Å². The van der Waals surface area contributed by atoms with Gasteiger partial charge in [-0.25, -0.2) is 0 Å². The average Bonchev–Trinajstić information content (AvgIpc) is 2.75. The predicted octanol–water partition coefficient (Wildman–Crippen LogP) is 7.44. The highest BCUT2D eigenvalue weighted by molar-refractivity contribution is 6.38. The molecule has 176 valence electrons. The second-order valence-corrected chi connectivity index (χ2v) is 11.3. The van der Waals surface area contributed by atoms with Gasteiger partial charge in [0.1, 0.15) is 5.71 Å². The Kier molecular flexibility index (Phi) is 6.30. The monoisotopic (exact) mass is 487 g/mol. The van der Waals surface area contributed by atoms with E-state index < -0.39 is 11.4 Å². The highest BCUT2D eigenvalue weighted by Crippen LogP contribution is 2.57. The van der Waals surface area contributed by atoms with E-state index in [0.717, 1.165) is 36.8 Å². The van der Waals surface area contributed by atoms with Crippen molar-refractivity contribution in [2.75, 3.05) is 0 Å². The number of nitrogens with zero attached hydrogens (tertiary/aromatic N) is 1. The van der Waals surface area contributed by atoms with E-state index in [2.05, 4.69) is 38.1 Å². The number of aliphatic carboxylic acids is 1. The van der Waals surface area contributed by atoms with Crippen LogP contribution in [0.5, 0.6) is 0 Å². The van der Waals surface area contributed by atoms with Gasteiger partial charge in [0.25, 0.3) is 0 Å². The molecule has 0 unspecified atom stereocenters. The number of hydrogen-bond donors (Lipinski definition) is 2. The number of fused-ring (bicyclic) bond motifs is 3. The van der Waals surface area contributed by atoms with Crippen molar-refractivity contribution in [2.45, 2.75) is 71.1 Å². The van der Waals surface area contributed by atoms with E-state index in [1.54, 1.807) is 18.2 Å². The van der Waals surface area contributed by atoms with Crippen molar-refractivity contribution in [3.8, 4) is 0 Å². The molecule has 0 aromatic heterocycles. The predicted molar refractivity (Wildman–Crippen MR) is 133 cm³/mol. The molecule has 2 aromatic rings. The van der Waals surface area contributed by atoms with Crippen molar-refractivity contribution in [1.82, 2.24) is 0 Å². The first kappa shape index (κ1) is 24.1. The number of oxime groups is 1. The molecule has 0 aliphatic heterocycles. The zero-order valence-electron chi connectivity index (χ0n) is 19.6. The SMILES string of the molecule is CC(C)c1cc2c(cc1C(=NO)c1ccc(Cl)cc1Cl)[C@@]1(C)CCC[C@@](C)(C(=O)O)[C@@H]1CC2. The van der Waals surface area contributed by atoms with Gasteiger partial charge in [0.15, 0.2) is 0 Å². The molecule has 4 nitrogen and oxygen atoms in total. The van der Waals surface area contributed by atoms with Gasteiger partial charge in [0.05, 0.1) is 10.4 Å². The van der Waals surface area contributed by atoms with Gasteiger partial charge in [0, 0.05) is 16.1 Å². The van der Waals surface area contributed by atoms with Crippen LogP contribution in [0.25, 0.3) is 0 Å². The lowest BCUT2D eigenvalue weighted by Crippen LogP contribution is -2.52. The molecular formula is C27H31Cl2NO3. The first-order valence-electron chi connectivity index (χ1n) is 11.6. The summed E-state index contributed by atoms with van der Waals surface area (Å²) in [5, 5.41) is 24.9. The minimum Gasteiger partial charge on any atom is -0.481 e. The van der Waals surface area contributed by atoms with E-state index in [1.165, 1.54) is 11.1 Å². The van der Waals surface area contributed by atoms with Crippen molar-refractivity contribution >= 4 is 34.9 Å². The molecule has 4 rings (SSSR count). The molecule has 2 aliphatic carbocycles.